The summed E-state index contributed by atoms with van der Waals surface area (Å²) in [6, 6.07) is 7.97. The lowest BCUT2D eigenvalue weighted by Gasteiger charge is -2.27. The average molecular weight is 451 g/mol. The number of piperidine rings is 1. The summed E-state index contributed by atoms with van der Waals surface area (Å²) in [5, 5.41) is 3.74. The van der Waals surface area contributed by atoms with Gasteiger partial charge in [-0.05, 0) is 61.4 Å². The van der Waals surface area contributed by atoms with Crippen molar-refractivity contribution in [1.29, 1.82) is 0 Å². The number of carbonyl (C=O) groups excluding carboxylic acids is 2. The molecular formula is C24H23FN4O2S. The minimum atomic E-state index is -0.347. The molecule has 6 nitrogen and oxygen atoms in total. The van der Waals surface area contributed by atoms with E-state index in [-0.39, 0.29) is 23.7 Å². The first kappa shape index (κ1) is 20.8. The molecule has 2 aliphatic rings. The van der Waals surface area contributed by atoms with E-state index in [0.717, 1.165) is 17.0 Å². The fraction of sp³-hybridized carbons (Fsp3) is 0.333. The van der Waals surface area contributed by atoms with Gasteiger partial charge in [0.2, 0.25) is 0 Å². The third-order valence-electron chi connectivity index (χ3n) is 6.20. The molecule has 32 heavy (non-hydrogen) atoms. The zero-order valence-electron chi connectivity index (χ0n) is 17.8. The molecule has 0 radical (unpaired) electrons. The fourth-order valence-corrected chi connectivity index (χ4v) is 5.49. The Labute approximate surface area is 189 Å². The van der Waals surface area contributed by atoms with Crippen LogP contribution in [0.15, 0.2) is 42.7 Å². The van der Waals surface area contributed by atoms with Crippen molar-refractivity contribution in [1.82, 2.24) is 20.2 Å². The Balaban J connectivity index is 1.36. The first-order valence-electron chi connectivity index (χ1n) is 10.6. The van der Waals surface area contributed by atoms with Gasteiger partial charge in [0, 0.05) is 25.5 Å². The molecule has 5 rings (SSSR count). The molecule has 0 spiro atoms. The topological polar surface area (TPSA) is 75.2 Å². The molecular weight excluding hydrogens is 427 g/mol. The lowest BCUT2D eigenvalue weighted by Crippen LogP contribution is -2.45. The second-order valence-corrected chi connectivity index (χ2v) is 9.77. The van der Waals surface area contributed by atoms with Crippen molar-refractivity contribution in [3.05, 3.63) is 70.4 Å². The van der Waals surface area contributed by atoms with Gasteiger partial charge in [0.1, 0.15) is 11.5 Å². The molecule has 2 amide bonds. The van der Waals surface area contributed by atoms with E-state index in [0.29, 0.717) is 46.6 Å². The predicted octanol–water partition coefficient (Wildman–Crippen LogP) is 3.85. The van der Waals surface area contributed by atoms with Crippen molar-refractivity contribution < 1.29 is 14.0 Å². The molecule has 1 unspecified atom stereocenters. The molecule has 2 fully saturated rings. The number of pyridine rings is 1. The molecule has 2 aromatic heterocycles. The smallest absolute Gasteiger partial charge is 0.274 e. The van der Waals surface area contributed by atoms with E-state index < -0.39 is 0 Å². The van der Waals surface area contributed by atoms with Gasteiger partial charge >= 0.3 is 0 Å². The number of nitrogens with zero attached hydrogens (tertiary/aromatic N) is 3. The third kappa shape index (κ3) is 3.90. The Hall–Kier alpha value is -3.13. The highest BCUT2D eigenvalue weighted by atomic mass is 32.1. The summed E-state index contributed by atoms with van der Waals surface area (Å²) in [5.74, 6) is 0.173. The quantitative estimate of drug-likeness (QED) is 0.641. The summed E-state index contributed by atoms with van der Waals surface area (Å²) in [6.45, 7) is 4.79. The normalized spacial score (nSPS) is 21.3. The molecule has 0 bridgehead atoms. The van der Waals surface area contributed by atoms with Crippen LogP contribution in [0, 0.1) is 31.5 Å². The maximum atomic E-state index is 13.8. The number of carbonyl (C=O) groups is 2. The van der Waals surface area contributed by atoms with Crippen molar-refractivity contribution in [3.8, 4) is 10.4 Å². The van der Waals surface area contributed by atoms with Gasteiger partial charge in [0.25, 0.3) is 11.8 Å². The van der Waals surface area contributed by atoms with Crippen LogP contribution in [0.5, 0.6) is 0 Å². The van der Waals surface area contributed by atoms with Gasteiger partial charge < -0.3 is 10.2 Å². The summed E-state index contributed by atoms with van der Waals surface area (Å²) in [7, 11) is 0. The Morgan fingerprint density at radius 1 is 1.25 bits per heavy atom. The molecule has 1 N–H and O–H groups in total. The number of aryl methyl sites for hydroxylation is 2. The van der Waals surface area contributed by atoms with E-state index in [1.165, 1.54) is 23.5 Å². The molecule has 8 heteroatoms. The molecule has 3 aromatic rings. The highest BCUT2D eigenvalue weighted by Crippen LogP contribution is 2.50. The summed E-state index contributed by atoms with van der Waals surface area (Å²) < 4.78 is 13.8. The largest absolute Gasteiger partial charge is 0.350 e. The highest BCUT2D eigenvalue weighted by molar-refractivity contribution is 7.15. The minimum Gasteiger partial charge on any atom is -0.350 e. The Bertz CT molecular complexity index is 1210. The fourth-order valence-electron chi connectivity index (χ4n) is 4.58. The van der Waals surface area contributed by atoms with E-state index in [2.05, 4.69) is 15.3 Å². The molecule has 3 heterocycles. The summed E-state index contributed by atoms with van der Waals surface area (Å²) in [6.07, 6.45) is 4.32. The molecule has 3 atom stereocenters. The highest BCUT2D eigenvalue weighted by Gasteiger charge is 2.54. The Morgan fingerprint density at radius 3 is 2.88 bits per heavy atom. The van der Waals surface area contributed by atoms with Crippen LogP contribution >= 0.6 is 11.3 Å². The number of thiazole rings is 1. The van der Waals surface area contributed by atoms with Crippen LogP contribution in [0.25, 0.3) is 10.4 Å². The first-order chi connectivity index (χ1) is 15.4. The van der Waals surface area contributed by atoms with Gasteiger partial charge in [-0.3, -0.25) is 14.6 Å². The van der Waals surface area contributed by atoms with E-state index in [4.69, 9.17) is 0 Å². The zero-order chi connectivity index (χ0) is 22.4. The van der Waals surface area contributed by atoms with Crippen LogP contribution in [0.3, 0.4) is 0 Å². The van der Waals surface area contributed by atoms with Crippen molar-refractivity contribution in [2.75, 3.05) is 13.1 Å². The number of halogens is 1. The van der Waals surface area contributed by atoms with E-state index >= 15 is 0 Å². The number of rotatable bonds is 5. The van der Waals surface area contributed by atoms with Gasteiger partial charge in [0.15, 0.2) is 0 Å². The van der Waals surface area contributed by atoms with Crippen LogP contribution in [0.4, 0.5) is 4.39 Å². The van der Waals surface area contributed by atoms with Crippen LogP contribution in [-0.2, 0) is 0 Å². The third-order valence-corrected chi connectivity index (χ3v) is 7.22. The SMILES string of the molecule is Cc1cncc(C(=O)NC[C@@H]2C3C[C@@H]3CN2C(=O)c2nc(C)sc2-c2cccc(F)c2)c1. The molecule has 1 saturated heterocycles. The minimum absolute atomic E-state index is 0.0726. The number of nitrogens with one attached hydrogen (secondary N) is 1. The van der Waals surface area contributed by atoms with Crippen molar-refractivity contribution in [2.24, 2.45) is 11.8 Å². The molecule has 1 aromatic carbocycles. The second-order valence-electron chi connectivity index (χ2n) is 8.57. The van der Waals surface area contributed by atoms with Crippen LogP contribution in [0.2, 0.25) is 0 Å². The van der Waals surface area contributed by atoms with E-state index in [9.17, 15) is 14.0 Å². The van der Waals surface area contributed by atoms with E-state index in [1.54, 1.807) is 30.6 Å². The molecule has 1 aliphatic heterocycles. The van der Waals surface area contributed by atoms with Crippen molar-refractivity contribution in [2.45, 2.75) is 26.3 Å². The van der Waals surface area contributed by atoms with Crippen molar-refractivity contribution >= 4 is 23.2 Å². The summed E-state index contributed by atoms with van der Waals surface area (Å²) in [4.78, 5) is 37.2. The number of hydrogen-bond donors (Lipinski definition) is 1. The maximum absolute atomic E-state index is 13.8. The summed E-state index contributed by atoms with van der Waals surface area (Å²) in [5.41, 5.74) is 2.44. The van der Waals surface area contributed by atoms with Crippen molar-refractivity contribution in [3.63, 3.8) is 0 Å². The average Bonchev–Trinajstić information content (AvgIpc) is 3.28. The number of fused-ring (bicyclic) bond motifs is 1. The van der Waals surface area contributed by atoms with Gasteiger partial charge in [0.05, 0.1) is 21.5 Å². The van der Waals surface area contributed by atoms with Gasteiger partial charge in [-0.2, -0.15) is 0 Å². The van der Waals surface area contributed by atoms with Gasteiger partial charge in [-0.1, -0.05) is 12.1 Å². The second kappa shape index (κ2) is 8.09. The number of aromatic nitrogens is 2. The Kier molecular flexibility index (Phi) is 5.25. The van der Waals surface area contributed by atoms with Crippen LogP contribution < -0.4 is 5.32 Å². The van der Waals surface area contributed by atoms with Crippen LogP contribution in [-0.4, -0.2) is 45.8 Å². The monoisotopic (exact) mass is 450 g/mol. The first-order valence-corrected chi connectivity index (χ1v) is 11.5. The molecule has 1 saturated carbocycles. The number of amides is 2. The maximum Gasteiger partial charge on any atom is 0.274 e. The molecule has 164 valence electrons. The van der Waals surface area contributed by atoms with Crippen LogP contribution in [0.1, 0.15) is 37.8 Å². The lowest BCUT2D eigenvalue weighted by molar-refractivity contribution is 0.0690. The molecule has 1 aliphatic carbocycles. The lowest BCUT2D eigenvalue weighted by atomic mass is 10.1. The predicted molar refractivity (Wildman–Crippen MR) is 120 cm³/mol. The standard InChI is InChI=1S/C24H23FN4O2S/c1-13-6-16(10-26-9-13)23(30)27-11-20-19-8-17(19)12-29(20)24(31)21-22(32-14(2)28-21)15-4-3-5-18(25)7-15/h3-7,9-10,17,19-20H,8,11-12H2,1-2H3,(H,27,30)/t17-,19?,20-/m1/s1. The van der Waals surface area contributed by atoms with Gasteiger partial charge in [-0.25, -0.2) is 9.37 Å². The summed E-state index contributed by atoms with van der Waals surface area (Å²) >= 11 is 1.39. The van der Waals surface area contributed by atoms with E-state index in [1.807, 2.05) is 18.7 Å². The number of hydrogen-bond acceptors (Lipinski definition) is 5. The number of benzene rings is 1. The Morgan fingerprint density at radius 2 is 2.09 bits per heavy atom. The zero-order valence-corrected chi connectivity index (χ0v) is 18.7. The number of likely N-dealkylation sites (tertiary alicyclic amines) is 1. The van der Waals surface area contributed by atoms with Gasteiger partial charge in [-0.15, -0.1) is 11.3 Å².